The third kappa shape index (κ3) is 3.16. The molecule has 0 aliphatic heterocycles. The number of aromatic nitrogens is 2. The number of hydrogen-bond acceptors (Lipinski definition) is 5. The van der Waals surface area contributed by atoms with Crippen molar-refractivity contribution >= 4 is 11.7 Å². The molecule has 88 valence electrons. The van der Waals surface area contributed by atoms with Gasteiger partial charge in [0.15, 0.2) is 0 Å². The minimum absolute atomic E-state index is 0.160. The van der Waals surface area contributed by atoms with Crippen LogP contribution in [0.4, 0.5) is 5.82 Å². The Balaban J connectivity index is 2.70. The number of ether oxygens (including phenoxy) is 1. The first-order chi connectivity index (χ1) is 7.69. The van der Waals surface area contributed by atoms with E-state index in [0.29, 0.717) is 31.2 Å². The van der Waals surface area contributed by atoms with Crippen LogP contribution < -0.4 is 5.73 Å². The van der Waals surface area contributed by atoms with Crippen molar-refractivity contribution in [3.63, 3.8) is 0 Å². The predicted octanol–water partition coefficient (Wildman–Crippen LogP) is 0.167. The van der Waals surface area contributed by atoms with Crippen molar-refractivity contribution in [2.45, 2.75) is 6.92 Å². The summed E-state index contributed by atoms with van der Waals surface area (Å²) in [6, 6.07) is 0. The summed E-state index contributed by atoms with van der Waals surface area (Å²) in [4.78, 5) is 21.3. The van der Waals surface area contributed by atoms with Gasteiger partial charge in [-0.25, -0.2) is 9.97 Å². The SMILES string of the molecule is CCN(CCOC)C(=O)c1cnc(N)cn1. The monoisotopic (exact) mass is 224 g/mol. The first-order valence-electron chi connectivity index (χ1n) is 5.04. The Kier molecular flexibility index (Phi) is 4.65. The summed E-state index contributed by atoms with van der Waals surface area (Å²) < 4.78 is 4.93. The number of rotatable bonds is 5. The lowest BCUT2D eigenvalue weighted by atomic mass is 10.3. The van der Waals surface area contributed by atoms with Gasteiger partial charge in [0.1, 0.15) is 11.5 Å². The highest BCUT2D eigenvalue weighted by Gasteiger charge is 2.15. The van der Waals surface area contributed by atoms with E-state index in [9.17, 15) is 4.79 Å². The highest BCUT2D eigenvalue weighted by atomic mass is 16.5. The van der Waals surface area contributed by atoms with Gasteiger partial charge < -0.3 is 15.4 Å². The molecule has 1 heterocycles. The van der Waals surface area contributed by atoms with Crippen molar-refractivity contribution in [1.29, 1.82) is 0 Å². The third-order valence-corrected chi connectivity index (χ3v) is 2.13. The number of amides is 1. The van der Waals surface area contributed by atoms with E-state index in [1.165, 1.54) is 12.4 Å². The fraction of sp³-hybridized carbons (Fsp3) is 0.500. The second-order valence-corrected chi connectivity index (χ2v) is 3.20. The first-order valence-corrected chi connectivity index (χ1v) is 5.04. The van der Waals surface area contributed by atoms with Gasteiger partial charge in [-0.1, -0.05) is 0 Å². The van der Waals surface area contributed by atoms with Crippen LogP contribution in [0.25, 0.3) is 0 Å². The molecule has 0 saturated carbocycles. The zero-order chi connectivity index (χ0) is 12.0. The van der Waals surface area contributed by atoms with Crippen molar-refractivity contribution in [2.75, 3.05) is 32.5 Å². The molecular formula is C10H16N4O2. The summed E-state index contributed by atoms with van der Waals surface area (Å²) in [5, 5.41) is 0. The lowest BCUT2D eigenvalue weighted by Gasteiger charge is -2.19. The zero-order valence-corrected chi connectivity index (χ0v) is 9.51. The maximum atomic E-state index is 11.9. The van der Waals surface area contributed by atoms with Gasteiger partial charge in [-0.05, 0) is 6.92 Å². The highest BCUT2D eigenvalue weighted by Crippen LogP contribution is 2.02. The van der Waals surface area contributed by atoms with Crippen molar-refractivity contribution in [2.24, 2.45) is 0 Å². The molecular weight excluding hydrogens is 208 g/mol. The van der Waals surface area contributed by atoms with E-state index in [-0.39, 0.29) is 5.91 Å². The number of hydrogen-bond donors (Lipinski definition) is 1. The summed E-state index contributed by atoms with van der Waals surface area (Å²) in [6.45, 7) is 3.55. The second kappa shape index (κ2) is 6.02. The summed E-state index contributed by atoms with van der Waals surface area (Å²) >= 11 is 0. The molecule has 0 fully saturated rings. The van der Waals surface area contributed by atoms with Gasteiger partial charge in [-0.3, -0.25) is 4.79 Å². The Labute approximate surface area is 94.4 Å². The van der Waals surface area contributed by atoms with E-state index in [0.717, 1.165) is 0 Å². The van der Waals surface area contributed by atoms with Gasteiger partial charge in [-0.2, -0.15) is 0 Å². The molecule has 0 saturated heterocycles. The molecule has 0 aromatic carbocycles. The van der Waals surface area contributed by atoms with Crippen LogP contribution in [-0.4, -0.2) is 47.6 Å². The second-order valence-electron chi connectivity index (χ2n) is 3.20. The lowest BCUT2D eigenvalue weighted by molar-refractivity contribution is 0.0700. The summed E-state index contributed by atoms with van der Waals surface area (Å²) in [5.41, 5.74) is 5.70. The van der Waals surface area contributed by atoms with E-state index in [4.69, 9.17) is 10.5 Å². The van der Waals surface area contributed by atoms with Crippen LogP contribution in [0, 0.1) is 0 Å². The van der Waals surface area contributed by atoms with Gasteiger partial charge in [0.25, 0.3) is 5.91 Å². The molecule has 1 rings (SSSR count). The van der Waals surface area contributed by atoms with Gasteiger partial charge >= 0.3 is 0 Å². The molecule has 1 aromatic rings. The molecule has 6 heteroatoms. The number of nitrogens with two attached hydrogens (primary N) is 1. The molecule has 1 aromatic heterocycles. The molecule has 0 spiro atoms. The minimum atomic E-state index is -0.160. The number of carbonyl (C=O) groups is 1. The van der Waals surface area contributed by atoms with Gasteiger partial charge in [0, 0.05) is 20.2 Å². The molecule has 0 aliphatic rings. The number of nitrogens with zero attached hydrogens (tertiary/aromatic N) is 3. The average molecular weight is 224 g/mol. The van der Waals surface area contributed by atoms with Gasteiger partial charge in [0.05, 0.1) is 19.0 Å². The van der Waals surface area contributed by atoms with Crippen LogP contribution in [0.15, 0.2) is 12.4 Å². The van der Waals surface area contributed by atoms with E-state index >= 15 is 0 Å². The molecule has 0 radical (unpaired) electrons. The number of methoxy groups -OCH3 is 1. The standard InChI is InChI=1S/C10H16N4O2/c1-3-14(4-5-16-2)10(15)8-6-13-9(11)7-12-8/h6-7H,3-5H2,1-2H3,(H2,11,13). The fourth-order valence-electron chi connectivity index (χ4n) is 1.22. The highest BCUT2D eigenvalue weighted by molar-refractivity contribution is 5.92. The van der Waals surface area contributed by atoms with E-state index < -0.39 is 0 Å². The molecule has 16 heavy (non-hydrogen) atoms. The molecule has 0 bridgehead atoms. The van der Waals surface area contributed by atoms with Gasteiger partial charge in [0.2, 0.25) is 0 Å². The van der Waals surface area contributed by atoms with Crippen molar-refractivity contribution in [1.82, 2.24) is 14.9 Å². The van der Waals surface area contributed by atoms with Crippen LogP contribution in [-0.2, 0) is 4.74 Å². The fourth-order valence-corrected chi connectivity index (χ4v) is 1.22. The summed E-state index contributed by atoms with van der Waals surface area (Å²) in [7, 11) is 1.60. The zero-order valence-electron chi connectivity index (χ0n) is 9.51. The Bertz CT molecular complexity index is 339. The molecule has 2 N–H and O–H groups in total. The molecule has 0 unspecified atom stereocenters. The van der Waals surface area contributed by atoms with Crippen LogP contribution in [0.2, 0.25) is 0 Å². The quantitative estimate of drug-likeness (QED) is 0.770. The Hall–Kier alpha value is -1.69. The Morgan fingerprint density at radius 1 is 1.50 bits per heavy atom. The van der Waals surface area contributed by atoms with Crippen LogP contribution in [0.3, 0.4) is 0 Å². The van der Waals surface area contributed by atoms with E-state index in [2.05, 4.69) is 9.97 Å². The summed E-state index contributed by atoms with van der Waals surface area (Å²) in [5.74, 6) is 0.142. The smallest absolute Gasteiger partial charge is 0.274 e. The van der Waals surface area contributed by atoms with Crippen LogP contribution in [0.5, 0.6) is 0 Å². The van der Waals surface area contributed by atoms with E-state index in [1.807, 2.05) is 6.92 Å². The number of anilines is 1. The maximum absolute atomic E-state index is 11.9. The topological polar surface area (TPSA) is 81.3 Å². The predicted molar refractivity (Wildman–Crippen MR) is 59.9 cm³/mol. The number of nitrogen functional groups attached to an aromatic ring is 1. The molecule has 1 amide bonds. The van der Waals surface area contributed by atoms with E-state index in [1.54, 1.807) is 12.0 Å². The number of likely N-dealkylation sites (N-methyl/N-ethyl adjacent to an activating group) is 1. The summed E-state index contributed by atoms with van der Waals surface area (Å²) in [6.07, 6.45) is 2.75. The normalized spacial score (nSPS) is 10.1. The number of carbonyl (C=O) groups excluding carboxylic acids is 1. The molecule has 0 atom stereocenters. The van der Waals surface area contributed by atoms with Crippen molar-refractivity contribution in [3.8, 4) is 0 Å². The van der Waals surface area contributed by atoms with Crippen molar-refractivity contribution < 1.29 is 9.53 Å². The first kappa shape index (κ1) is 12.4. The Morgan fingerprint density at radius 2 is 2.25 bits per heavy atom. The third-order valence-electron chi connectivity index (χ3n) is 2.13. The molecule has 0 aliphatic carbocycles. The maximum Gasteiger partial charge on any atom is 0.274 e. The van der Waals surface area contributed by atoms with Crippen LogP contribution >= 0.6 is 0 Å². The van der Waals surface area contributed by atoms with Crippen LogP contribution in [0.1, 0.15) is 17.4 Å². The van der Waals surface area contributed by atoms with Crippen molar-refractivity contribution in [3.05, 3.63) is 18.1 Å². The van der Waals surface area contributed by atoms with Gasteiger partial charge in [-0.15, -0.1) is 0 Å². The lowest BCUT2D eigenvalue weighted by Crippen LogP contribution is -2.34. The minimum Gasteiger partial charge on any atom is -0.383 e. The average Bonchev–Trinajstić information content (AvgIpc) is 2.30. The molecule has 6 nitrogen and oxygen atoms in total. The largest absolute Gasteiger partial charge is 0.383 e. The Morgan fingerprint density at radius 3 is 2.75 bits per heavy atom.